The molecule has 1 heterocycles. The van der Waals surface area contributed by atoms with Gasteiger partial charge in [0.15, 0.2) is 0 Å². The van der Waals surface area contributed by atoms with Gasteiger partial charge >= 0.3 is 0 Å². The first-order valence-corrected chi connectivity index (χ1v) is 8.87. The number of hydrogen-bond acceptors (Lipinski definition) is 5. The lowest BCUT2D eigenvalue weighted by atomic mass is 10.2. The van der Waals surface area contributed by atoms with Crippen LogP contribution >= 0.6 is 11.8 Å². The number of nitrogens with zero attached hydrogens (tertiary/aromatic N) is 2. The van der Waals surface area contributed by atoms with Gasteiger partial charge in [0, 0.05) is 21.8 Å². The number of rotatable bonds is 7. The van der Waals surface area contributed by atoms with Gasteiger partial charge in [-0.25, -0.2) is 0 Å². The van der Waals surface area contributed by atoms with E-state index in [1.54, 1.807) is 0 Å². The summed E-state index contributed by atoms with van der Waals surface area (Å²) in [6.45, 7) is 7.20. The summed E-state index contributed by atoms with van der Waals surface area (Å²) in [4.78, 5) is 1.33. The second kappa shape index (κ2) is 6.73. The van der Waals surface area contributed by atoms with Crippen LogP contribution in [0.15, 0.2) is 27.5 Å². The van der Waals surface area contributed by atoms with Crippen molar-refractivity contribution in [2.45, 2.75) is 62.6 Å². The lowest BCUT2D eigenvalue weighted by molar-refractivity contribution is 0.457. The Morgan fingerprint density at radius 2 is 2.18 bits per heavy atom. The van der Waals surface area contributed by atoms with Crippen LogP contribution < -0.4 is 5.32 Å². The van der Waals surface area contributed by atoms with Crippen LogP contribution in [0.1, 0.15) is 56.4 Å². The molecular formula is C17H23N3OS. The minimum absolute atomic E-state index is 0.514. The topological polar surface area (TPSA) is 51.0 Å². The SMILES string of the molecule is CC[C@H](C)Sc1ccc(NCc2nnc(C3CC3)o2)c(C)c1. The molecule has 1 aliphatic rings. The molecule has 2 aromatic rings. The van der Waals surface area contributed by atoms with E-state index in [4.69, 9.17) is 4.42 Å². The Balaban J connectivity index is 1.59. The van der Waals surface area contributed by atoms with Crippen LogP contribution in [-0.4, -0.2) is 15.4 Å². The molecule has 1 atom stereocenters. The molecule has 0 unspecified atom stereocenters. The second-order valence-electron chi connectivity index (χ2n) is 5.98. The van der Waals surface area contributed by atoms with Gasteiger partial charge in [0.2, 0.25) is 11.8 Å². The van der Waals surface area contributed by atoms with E-state index in [2.05, 4.69) is 54.5 Å². The van der Waals surface area contributed by atoms with Crippen molar-refractivity contribution in [1.82, 2.24) is 10.2 Å². The summed E-state index contributed by atoms with van der Waals surface area (Å²) >= 11 is 1.93. The van der Waals surface area contributed by atoms with Gasteiger partial charge in [-0.3, -0.25) is 0 Å². The molecule has 0 bridgehead atoms. The first-order valence-electron chi connectivity index (χ1n) is 7.99. The molecule has 5 heteroatoms. The van der Waals surface area contributed by atoms with Crippen molar-refractivity contribution in [1.29, 1.82) is 0 Å². The molecular weight excluding hydrogens is 294 g/mol. The molecule has 0 aliphatic heterocycles. The minimum Gasteiger partial charge on any atom is -0.423 e. The summed E-state index contributed by atoms with van der Waals surface area (Å²) in [6, 6.07) is 6.55. The quantitative estimate of drug-likeness (QED) is 0.746. The number of aromatic nitrogens is 2. The molecule has 1 aliphatic carbocycles. The predicted molar refractivity (Wildman–Crippen MR) is 90.4 cm³/mol. The Morgan fingerprint density at radius 3 is 2.86 bits per heavy atom. The Labute approximate surface area is 136 Å². The summed E-state index contributed by atoms with van der Waals surface area (Å²) in [5, 5.41) is 12.3. The molecule has 1 saturated carbocycles. The normalized spacial score (nSPS) is 15.8. The molecule has 4 nitrogen and oxygen atoms in total. The first kappa shape index (κ1) is 15.4. The highest BCUT2D eigenvalue weighted by Crippen LogP contribution is 2.39. The average Bonchev–Trinajstić information content (AvgIpc) is 3.25. The number of thioether (sulfide) groups is 1. The fourth-order valence-corrected chi connectivity index (χ4v) is 3.25. The molecule has 0 radical (unpaired) electrons. The maximum absolute atomic E-state index is 5.67. The van der Waals surface area contributed by atoms with Gasteiger partial charge in [-0.05, 0) is 49.9 Å². The molecule has 1 aromatic heterocycles. The highest BCUT2D eigenvalue weighted by molar-refractivity contribution is 7.99. The third-order valence-corrected chi connectivity index (χ3v) is 5.21. The fraction of sp³-hybridized carbons (Fsp3) is 0.529. The van der Waals surface area contributed by atoms with E-state index in [1.807, 2.05) is 11.8 Å². The van der Waals surface area contributed by atoms with Gasteiger partial charge in [-0.15, -0.1) is 22.0 Å². The molecule has 118 valence electrons. The van der Waals surface area contributed by atoms with Gasteiger partial charge in [-0.1, -0.05) is 13.8 Å². The zero-order chi connectivity index (χ0) is 15.5. The molecule has 0 saturated heterocycles. The smallest absolute Gasteiger partial charge is 0.235 e. The largest absolute Gasteiger partial charge is 0.423 e. The average molecular weight is 317 g/mol. The van der Waals surface area contributed by atoms with Gasteiger partial charge in [0.1, 0.15) is 0 Å². The van der Waals surface area contributed by atoms with E-state index in [0.717, 1.165) is 11.6 Å². The molecule has 0 spiro atoms. The molecule has 3 rings (SSSR count). The highest BCUT2D eigenvalue weighted by atomic mass is 32.2. The predicted octanol–water partition coefficient (Wildman–Crippen LogP) is 4.76. The lowest BCUT2D eigenvalue weighted by Crippen LogP contribution is -2.01. The van der Waals surface area contributed by atoms with E-state index >= 15 is 0 Å². The van der Waals surface area contributed by atoms with Crippen LogP contribution in [-0.2, 0) is 6.54 Å². The second-order valence-corrected chi connectivity index (χ2v) is 7.49. The Morgan fingerprint density at radius 1 is 1.36 bits per heavy atom. The third-order valence-electron chi connectivity index (χ3n) is 3.95. The monoisotopic (exact) mass is 317 g/mol. The van der Waals surface area contributed by atoms with Crippen molar-refractivity contribution >= 4 is 17.4 Å². The first-order chi connectivity index (χ1) is 10.7. The maximum atomic E-state index is 5.67. The van der Waals surface area contributed by atoms with E-state index in [0.29, 0.717) is 23.6 Å². The van der Waals surface area contributed by atoms with E-state index in [9.17, 15) is 0 Å². The Bertz CT molecular complexity index is 637. The number of hydrogen-bond donors (Lipinski definition) is 1. The number of aryl methyl sites for hydroxylation is 1. The van der Waals surface area contributed by atoms with Crippen LogP contribution in [0.2, 0.25) is 0 Å². The van der Waals surface area contributed by atoms with Crippen LogP contribution in [0.4, 0.5) is 5.69 Å². The van der Waals surface area contributed by atoms with E-state index in [-0.39, 0.29) is 0 Å². The fourth-order valence-electron chi connectivity index (χ4n) is 2.23. The molecule has 1 aromatic carbocycles. The van der Waals surface area contributed by atoms with Gasteiger partial charge < -0.3 is 9.73 Å². The number of benzene rings is 1. The summed E-state index contributed by atoms with van der Waals surface area (Å²) < 4.78 is 5.67. The lowest BCUT2D eigenvalue weighted by Gasteiger charge is -2.12. The zero-order valence-electron chi connectivity index (χ0n) is 13.4. The standard InChI is InChI=1S/C17H23N3OS/c1-4-12(3)22-14-7-8-15(11(2)9-14)18-10-16-19-20-17(21-16)13-5-6-13/h7-9,12-13,18H,4-6,10H2,1-3H3/t12-/m0/s1. The molecule has 1 N–H and O–H groups in total. The van der Waals surface area contributed by atoms with Crippen LogP contribution in [0.3, 0.4) is 0 Å². The van der Waals surface area contributed by atoms with E-state index in [1.165, 1.54) is 29.7 Å². The summed E-state index contributed by atoms with van der Waals surface area (Å²) in [5.41, 5.74) is 2.37. The minimum atomic E-state index is 0.514. The van der Waals surface area contributed by atoms with Crippen molar-refractivity contribution in [3.8, 4) is 0 Å². The van der Waals surface area contributed by atoms with Crippen molar-refractivity contribution in [3.05, 3.63) is 35.5 Å². The van der Waals surface area contributed by atoms with Crippen LogP contribution in [0, 0.1) is 6.92 Å². The van der Waals surface area contributed by atoms with Crippen molar-refractivity contribution in [2.24, 2.45) is 0 Å². The van der Waals surface area contributed by atoms with E-state index < -0.39 is 0 Å². The number of anilines is 1. The van der Waals surface area contributed by atoms with Crippen molar-refractivity contribution < 1.29 is 4.42 Å². The maximum Gasteiger partial charge on any atom is 0.235 e. The van der Waals surface area contributed by atoms with Crippen molar-refractivity contribution in [3.63, 3.8) is 0 Å². The van der Waals surface area contributed by atoms with Crippen LogP contribution in [0.5, 0.6) is 0 Å². The van der Waals surface area contributed by atoms with Crippen molar-refractivity contribution in [2.75, 3.05) is 5.32 Å². The summed E-state index contributed by atoms with van der Waals surface area (Å²) in [7, 11) is 0. The molecule has 0 amide bonds. The number of nitrogens with one attached hydrogen (secondary N) is 1. The van der Waals surface area contributed by atoms with Gasteiger partial charge in [0.05, 0.1) is 6.54 Å². The highest BCUT2D eigenvalue weighted by Gasteiger charge is 2.29. The zero-order valence-corrected chi connectivity index (χ0v) is 14.2. The molecule has 1 fully saturated rings. The van der Waals surface area contributed by atoms with Crippen LogP contribution in [0.25, 0.3) is 0 Å². The molecule has 22 heavy (non-hydrogen) atoms. The Kier molecular flexibility index (Phi) is 4.71. The third kappa shape index (κ3) is 3.83. The summed E-state index contributed by atoms with van der Waals surface area (Å²) in [6.07, 6.45) is 3.55. The van der Waals surface area contributed by atoms with Gasteiger partial charge in [0.25, 0.3) is 0 Å². The summed E-state index contributed by atoms with van der Waals surface area (Å²) in [5.74, 6) is 1.98. The van der Waals surface area contributed by atoms with Gasteiger partial charge in [-0.2, -0.15) is 0 Å². The Hall–Kier alpha value is -1.49.